The molecule has 0 amide bonds. The molecule has 2 rings (SSSR count). The molecule has 19 heavy (non-hydrogen) atoms. The molecule has 0 saturated heterocycles. The van der Waals surface area contributed by atoms with E-state index in [2.05, 4.69) is 0 Å². The lowest BCUT2D eigenvalue weighted by Crippen LogP contribution is -2.12. The first-order valence-electron chi connectivity index (χ1n) is 5.56. The summed E-state index contributed by atoms with van der Waals surface area (Å²) in [4.78, 5) is 0.844. The maximum Gasteiger partial charge on any atom is 0.137 e. The molecule has 0 spiro atoms. The molecule has 0 saturated carbocycles. The van der Waals surface area contributed by atoms with Crippen LogP contribution in [0.1, 0.15) is 11.1 Å². The zero-order chi connectivity index (χ0) is 14.0. The lowest BCUT2D eigenvalue weighted by molar-refractivity contribution is 0.577. The van der Waals surface area contributed by atoms with Crippen LogP contribution in [0, 0.1) is 24.0 Å². The molecule has 2 aromatic carbocycles. The monoisotopic (exact) mass is 278 g/mol. The number of halogens is 2. The predicted octanol–water partition coefficient (Wildman–Crippen LogP) is 3.71. The van der Waals surface area contributed by atoms with Gasteiger partial charge in [0.15, 0.2) is 0 Å². The van der Waals surface area contributed by atoms with Crippen LogP contribution in [-0.4, -0.2) is 5.84 Å². The highest BCUT2D eigenvalue weighted by molar-refractivity contribution is 7.99. The van der Waals surface area contributed by atoms with Crippen molar-refractivity contribution in [3.05, 3.63) is 59.2 Å². The summed E-state index contributed by atoms with van der Waals surface area (Å²) in [6.07, 6.45) is 0. The van der Waals surface area contributed by atoms with E-state index < -0.39 is 11.6 Å². The first-order chi connectivity index (χ1) is 8.99. The van der Waals surface area contributed by atoms with Gasteiger partial charge in [0.25, 0.3) is 0 Å². The normalized spacial score (nSPS) is 10.5. The standard InChI is InChI=1S/C14H12F2N2S/c1-8-3-2-4-10(14(17)18)13(8)19-12-7-9(15)5-6-11(12)16/h2-7H,1H3,(H3,17,18). The van der Waals surface area contributed by atoms with E-state index in [0.29, 0.717) is 10.5 Å². The van der Waals surface area contributed by atoms with Gasteiger partial charge >= 0.3 is 0 Å². The Morgan fingerprint density at radius 2 is 1.95 bits per heavy atom. The summed E-state index contributed by atoms with van der Waals surface area (Å²) in [6.45, 7) is 1.84. The van der Waals surface area contributed by atoms with Crippen molar-refractivity contribution in [3.8, 4) is 0 Å². The molecule has 2 aromatic rings. The Hall–Kier alpha value is -1.88. The molecule has 98 valence electrons. The number of hydrogen-bond donors (Lipinski definition) is 2. The second-order valence-electron chi connectivity index (χ2n) is 4.04. The zero-order valence-electron chi connectivity index (χ0n) is 10.2. The van der Waals surface area contributed by atoms with Gasteiger partial charge in [0.1, 0.15) is 17.5 Å². The molecule has 0 aliphatic rings. The Bertz CT molecular complexity index is 641. The van der Waals surface area contributed by atoms with Crippen LogP contribution in [-0.2, 0) is 0 Å². The van der Waals surface area contributed by atoms with Crippen LogP contribution in [0.3, 0.4) is 0 Å². The van der Waals surface area contributed by atoms with Gasteiger partial charge in [-0.15, -0.1) is 0 Å². The Kier molecular flexibility index (Phi) is 3.85. The summed E-state index contributed by atoms with van der Waals surface area (Å²) in [5.41, 5.74) is 6.89. The summed E-state index contributed by atoms with van der Waals surface area (Å²) < 4.78 is 26.8. The van der Waals surface area contributed by atoms with Crippen LogP contribution in [0.5, 0.6) is 0 Å². The van der Waals surface area contributed by atoms with Crippen molar-refractivity contribution in [2.45, 2.75) is 16.7 Å². The van der Waals surface area contributed by atoms with Crippen molar-refractivity contribution in [2.75, 3.05) is 0 Å². The van der Waals surface area contributed by atoms with Crippen LogP contribution in [0.25, 0.3) is 0 Å². The van der Waals surface area contributed by atoms with Gasteiger partial charge in [-0.25, -0.2) is 8.78 Å². The highest BCUT2D eigenvalue weighted by atomic mass is 32.2. The molecular formula is C14H12F2N2S. The van der Waals surface area contributed by atoms with E-state index in [1.807, 2.05) is 13.0 Å². The molecule has 3 N–H and O–H groups in total. The number of rotatable bonds is 3. The fourth-order valence-corrected chi connectivity index (χ4v) is 2.74. The molecule has 0 aliphatic heterocycles. The highest BCUT2D eigenvalue weighted by Gasteiger charge is 2.13. The second kappa shape index (κ2) is 5.40. The quantitative estimate of drug-likeness (QED) is 0.664. The third-order valence-electron chi connectivity index (χ3n) is 2.61. The maximum absolute atomic E-state index is 13.6. The second-order valence-corrected chi connectivity index (χ2v) is 5.09. The van der Waals surface area contributed by atoms with E-state index in [-0.39, 0.29) is 10.7 Å². The Balaban J connectivity index is 2.49. The molecule has 0 aliphatic carbocycles. The van der Waals surface area contributed by atoms with Gasteiger partial charge in [-0.1, -0.05) is 30.0 Å². The third kappa shape index (κ3) is 2.93. The van der Waals surface area contributed by atoms with Crippen molar-refractivity contribution >= 4 is 17.6 Å². The van der Waals surface area contributed by atoms with Gasteiger partial charge in [-0.3, -0.25) is 5.41 Å². The molecule has 0 atom stereocenters. The summed E-state index contributed by atoms with van der Waals surface area (Å²) >= 11 is 1.07. The lowest BCUT2D eigenvalue weighted by atomic mass is 10.1. The predicted molar refractivity (Wildman–Crippen MR) is 72.7 cm³/mol. The third-order valence-corrected chi connectivity index (χ3v) is 3.89. The van der Waals surface area contributed by atoms with Crippen molar-refractivity contribution in [3.63, 3.8) is 0 Å². The first-order valence-corrected chi connectivity index (χ1v) is 6.37. The van der Waals surface area contributed by atoms with E-state index in [4.69, 9.17) is 11.1 Å². The summed E-state index contributed by atoms with van der Waals surface area (Å²) in [7, 11) is 0. The first kappa shape index (κ1) is 13.5. The van der Waals surface area contributed by atoms with Crippen LogP contribution in [0.15, 0.2) is 46.2 Å². The van der Waals surface area contributed by atoms with Crippen LogP contribution in [0.4, 0.5) is 8.78 Å². The van der Waals surface area contributed by atoms with E-state index >= 15 is 0 Å². The minimum atomic E-state index is -0.498. The molecule has 0 aromatic heterocycles. The number of aryl methyl sites for hydroxylation is 1. The lowest BCUT2D eigenvalue weighted by Gasteiger charge is -2.11. The van der Waals surface area contributed by atoms with Gasteiger partial charge in [0, 0.05) is 10.5 Å². The maximum atomic E-state index is 13.6. The topological polar surface area (TPSA) is 49.9 Å². The van der Waals surface area contributed by atoms with Crippen molar-refractivity contribution < 1.29 is 8.78 Å². The van der Waals surface area contributed by atoms with E-state index in [0.717, 1.165) is 35.5 Å². The smallest absolute Gasteiger partial charge is 0.137 e. The number of amidine groups is 1. The molecule has 0 fully saturated rings. The molecule has 0 unspecified atom stereocenters. The number of nitrogens with one attached hydrogen (secondary N) is 1. The van der Waals surface area contributed by atoms with Crippen molar-refractivity contribution in [2.24, 2.45) is 5.73 Å². The van der Waals surface area contributed by atoms with E-state index in [1.54, 1.807) is 12.1 Å². The number of benzene rings is 2. The number of nitrogens with two attached hydrogens (primary N) is 1. The molecule has 5 heteroatoms. The fourth-order valence-electron chi connectivity index (χ4n) is 1.67. The largest absolute Gasteiger partial charge is 0.384 e. The van der Waals surface area contributed by atoms with Gasteiger partial charge in [0.2, 0.25) is 0 Å². The Morgan fingerprint density at radius 1 is 1.21 bits per heavy atom. The summed E-state index contributed by atoms with van der Waals surface area (Å²) in [6, 6.07) is 8.60. The minimum Gasteiger partial charge on any atom is -0.384 e. The van der Waals surface area contributed by atoms with Crippen LogP contribution < -0.4 is 5.73 Å². The van der Waals surface area contributed by atoms with Crippen LogP contribution >= 0.6 is 11.8 Å². The van der Waals surface area contributed by atoms with Gasteiger partial charge in [-0.05, 0) is 30.7 Å². The molecule has 0 heterocycles. The summed E-state index contributed by atoms with van der Waals surface area (Å²) in [5.74, 6) is -1.09. The van der Waals surface area contributed by atoms with Crippen LogP contribution in [0.2, 0.25) is 0 Å². The summed E-state index contributed by atoms with van der Waals surface area (Å²) in [5, 5.41) is 7.53. The Labute approximate surface area is 114 Å². The highest BCUT2D eigenvalue weighted by Crippen LogP contribution is 2.34. The van der Waals surface area contributed by atoms with Gasteiger partial charge in [-0.2, -0.15) is 0 Å². The SMILES string of the molecule is Cc1cccc(C(=N)N)c1Sc1cc(F)ccc1F. The molecule has 2 nitrogen and oxygen atoms in total. The zero-order valence-corrected chi connectivity index (χ0v) is 11.0. The minimum absolute atomic E-state index is 0.0944. The average molecular weight is 278 g/mol. The van der Waals surface area contributed by atoms with Crippen molar-refractivity contribution in [1.29, 1.82) is 5.41 Å². The van der Waals surface area contributed by atoms with Gasteiger partial charge < -0.3 is 5.73 Å². The molecule has 0 bridgehead atoms. The fraction of sp³-hybridized carbons (Fsp3) is 0.0714. The van der Waals surface area contributed by atoms with Gasteiger partial charge in [0.05, 0.1) is 4.90 Å². The Morgan fingerprint density at radius 3 is 2.63 bits per heavy atom. The van der Waals surface area contributed by atoms with Crippen molar-refractivity contribution in [1.82, 2.24) is 0 Å². The van der Waals surface area contributed by atoms with E-state index in [9.17, 15) is 8.78 Å². The van der Waals surface area contributed by atoms with E-state index in [1.165, 1.54) is 0 Å². The average Bonchev–Trinajstić information content (AvgIpc) is 2.35. The number of hydrogen-bond acceptors (Lipinski definition) is 2. The number of nitrogen functional groups attached to an aromatic ring is 1. The molecular weight excluding hydrogens is 266 g/mol. The molecule has 0 radical (unpaired) electrons.